The molecule has 0 saturated heterocycles. The highest BCUT2D eigenvalue weighted by Crippen LogP contribution is 2.34. The molecule has 0 spiro atoms. The molecule has 1 saturated carbocycles. The van der Waals surface area contributed by atoms with Crippen LogP contribution < -0.4 is 0 Å². The van der Waals surface area contributed by atoms with Crippen molar-refractivity contribution < 1.29 is 4.39 Å². The third kappa shape index (κ3) is 2.72. The lowest BCUT2D eigenvalue weighted by atomic mass is 9.91. The molecule has 82 valence electrons. The van der Waals surface area contributed by atoms with E-state index in [1.54, 1.807) is 12.1 Å². The Kier molecular flexibility index (Phi) is 3.63. The molecule has 2 rings (SSSR count). The van der Waals surface area contributed by atoms with Gasteiger partial charge in [0.1, 0.15) is 5.82 Å². The molecule has 0 radical (unpaired) electrons. The first kappa shape index (κ1) is 10.9. The first-order valence-electron chi connectivity index (χ1n) is 5.66. The smallest absolute Gasteiger partial charge is 0.126 e. The van der Waals surface area contributed by atoms with Crippen LogP contribution in [0.15, 0.2) is 24.3 Å². The van der Waals surface area contributed by atoms with Crippen LogP contribution in [0.25, 0.3) is 0 Å². The second kappa shape index (κ2) is 4.98. The normalized spacial score (nSPS) is 27.3. The van der Waals surface area contributed by atoms with Crippen molar-refractivity contribution in [1.29, 1.82) is 0 Å². The molecule has 1 aliphatic carbocycles. The Hall–Kier alpha value is -0.560. The summed E-state index contributed by atoms with van der Waals surface area (Å²) in [6.45, 7) is 0. The van der Waals surface area contributed by atoms with Gasteiger partial charge in [-0.3, -0.25) is 0 Å². The minimum Gasteiger partial charge on any atom is -0.207 e. The second-order valence-corrected chi connectivity index (χ2v) is 4.95. The van der Waals surface area contributed by atoms with E-state index < -0.39 is 0 Å². The standard InChI is InChI=1S/C13H16ClF/c14-11-6-2-1-5-10(9-11)12-7-3-4-8-13(12)15/h3-4,7-8,10-11H,1-2,5-6,9H2. The van der Waals surface area contributed by atoms with E-state index in [4.69, 9.17) is 11.6 Å². The van der Waals surface area contributed by atoms with Crippen LogP contribution in [-0.2, 0) is 0 Å². The van der Waals surface area contributed by atoms with Crippen LogP contribution in [-0.4, -0.2) is 5.38 Å². The molecule has 0 amide bonds. The van der Waals surface area contributed by atoms with Gasteiger partial charge in [-0.15, -0.1) is 11.6 Å². The number of rotatable bonds is 1. The summed E-state index contributed by atoms with van der Waals surface area (Å²) < 4.78 is 13.6. The zero-order valence-electron chi connectivity index (χ0n) is 8.76. The highest BCUT2D eigenvalue weighted by atomic mass is 35.5. The molecule has 2 heteroatoms. The molecule has 0 heterocycles. The summed E-state index contributed by atoms with van der Waals surface area (Å²) in [5, 5.41) is 0.220. The Morgan fingerprint density at radius 1 is 1.13 bits per heavy atom. The summed E-state index contributed by atoms with van der Waals surface area (Å²) in [5.41, 5.74) is 0.852. The first-order chi connectivity index (χ1) is 7.27. The summed E-state index contributed by atoms with van der Waals surface area (Å²) in [6, 6.07) is 7.10. The van der Waals surface area contributed by atoms with Crippen LogP contribution in [0.4, 0.5) is 4.39 Å². The van der Waals surface area contributed by atoms with Crippen LogP contribution in [0, 0.1) is 5.82 Å². The summed E-state index contributed by atoms with van der Waals surface area (Å²) >= 11 is 6.20. The maximum absolute atomic E-state index is 13.6. The lowest BCUT2D eigenvalue weighted by Gasteiger charge is -2.16. The highest BCUT2D eigenvalue weighted by molar-refractivity contribution is 6.20. The van der Waals surface area contributed by atoms with Gasteiger partial charge in [0.25, 0.3) is 0 Å². The first-order valence-corrected chi connectivity index (χ1v) is 6.09. The fraction of sp³-hybridized carbons (Fsp3) is 0.538. The monoisotopic (exact) mass is 226 g/mol. The molecular formula is C13H16ClF. The van der Waals surface area contributed by atoms with E-state index in [-0.39, 0.29) is 11.2 Å². The van der Waals surface area contributed by atoms with E-state index in [0.717, 1.165) is 24.8 Å². The number of hydrogen-bond donors (Lipinski definition) is 0. The Morgan fingerprint density at radius 3 is 2.67 bits per heavy atom. The van der Waals surface area contributed by atoms with Crippen molar-refractivity contribution in [2.45, 2.75) is 43.4 Å². The quantitative estimate of drug-likeness (QED) is 0.489. The Balaban J connectivity index is 2.18. The van der Waals surface area contributed by atoms with Gasteiger partial charge in [-0.25, -0.2) is 4.39 Å². The molecule has 0 bridgehead atoms. The van der Waals surface area contributed by atoms with Crippen LogP contribution in [0.5, 0.6) is 0 Å². The average molecular weight is 227 g/mol. The minimum atomic E-state index is -0.0757. The zero-order valence-corrected chi connectivity index (χ0v) is 9.51. The third-order valence-electron chi connectivity index (χ3n) is 3.21. The summed E-state index contributed by atoms with van der Waals surface area (Å²) in [7, 11) is 0. The third-order valence-corrected chi connectivity index (χ3v) is 3.60. The van der Waals surface area contributed by atoms with Gasteiger partial charge in [-0.2, -0.15) is 0 Å². The van der Waals surface area contributed by atoms with Gasteiger partial charge in [0, 0.05) is 5.38 Å². The minimum absolute atomic E-state index is 0.0757. The Bertz CT molecular complexity index is 324. The number of hydrogen-bond acceptors (Lipinski definition) is 0. The highest BCUT2D eigenvalue weighted by Gasteiger charge is 2.21. The lowest BCUT2D eigenvalue weighted by molar-refractivity contribution is 0.539. The van der Waals surface area contributed by atoms with E-state index >= 15 is 0 Å². The van der Waals surface area contributed by atoms with Gasteiger partial charge in [0.2, 0.25) is 0 Å². The summed E-state index contributed by atoms with van der Waals surface area (Å²) in [5.74, 6) is 0.240. The maximum atomic E-state index is 13.6. The molecule has 1 aromatic carbocycles. The molecule has 2 unspecified atom stereocenters. The summed E-state index contributed by atoms with van der Waals surface area (Å²) in [6.07, 6.45) is 5.42. The van der Waals surface area contributed by atoms with Gasteiger partial charge in [0.05, 0.1) is 0 Å². The van der Waals surface area contributed by atoms with Crippen molar-refractivity contribution in [2.24, 2.45) is 0 Å². The fourth-order valence-electron chi connectivity index (χ4n) is 2.39. The SMILES string of the molecule is Fc1ccccc1C1CCCCC(Cl)C1. The van der Waals surface area contributed by atoms with Crippen LogP contribution in [0.1, 0.15) is 43.6 Å². The molecule has 1 fully saturated rings. The van der Waals surface area contributed by atoms with Crippen LogP contribution in [0.3, 0.4) is 0 Å². The topological polar surface area (TPSA) is 0 Å². The molecule has 2 atom stereocenters. The van der Waals surface area contributed by atoms with Crippen molar-refractivity contribution in [3.05, 3.63) is 35.6 Å². The van der Waals surface area contributed by atoms with Crippen LogP contribution >= 0.6 is 11.6 Å². The van der Waals surface area contributed by atoms with Gasteiger partial charge in [0.15, 0.2) is 0 Å². The Labute approximate surface area is 95.4 Å². The van der Waals surface area contributed by atoms with Crippen molar-refractivity contribution in [2.75, 3.05) is 0 Å². The van der Waals surface area contributed by atoms with Crippen molar-refractivity contribution in [3.63, 3.8) is 0 Å². The average Bonchev–Trinajstić information content (AvgIpc) is 2.43. The predicted molar refractivity (Wildman–Crippen MR) is 61.9 cm³/mol. The predicted octanol–water partition coefficient (Wildman–Crippen LogP) is 4.48. The van der Waals surface area contributed by atoms with Crippen molar-refractivity contribution in [3.8, 4) is 0 Å². The zero-order chi connectivity index (χ0) is 10.7. The van der Waals surface area contributed by atoms with Crippen LogP contribution in [0.2, 0.25) is 0 Å². The maximum Gasteiger partial charge on any atom is 0.126 e. The van der Waals surface area contributed by atoms with Gasteiger partial charge < -0.3 is 0 Å². The second-order valence-electron chi connectivity index (χ2n) is 4.34. The molecule has 15 heavy (non-hydrogen) atoms. The Morgan fingerprint density at radius 2 is 1.87 bits per heavy atom. The number of halogens is 2. The number of benzene rings is 1. The molecule has 0 nitrogen and oxygen atoms in total. The number of alkyl halides is 1. The van der Waals surface area contributed by atoms with Gasteiger partial charge in [-0.05, 0) is 36.8 Å². The van der Waals surface area contributed by atoms with Crippen molar-refractivity contribution >= 4 is 11.6 Å². The van der Waals surface area contributed by atoms with E-state index in [0.29, 0.717) is 5.92 Å². The van der Waals surface area contributed by atoms with E-state index in [9.17, 15) is 4.39 Å². The van der Waals surface area contributed by atoms with Gasteiger partial charge in [-0.1, -0.05) is 31.0 Å². The molecule has 0 N–H and O–H groups in total. The molecule has 0 aromatic heterocycles. The van der Waals surface area contributed by atoms with E-state index in [1.165, 1.54) is 12.8 Å². The summed E-state index contributed by atoms with van der Waals surface area (Å²) in [4.78, 5) is 0. The molecule has 1 aromatic rings. The van der Waals surface area contributed by atoms with Gasteiger partial charge >= 0.3 is 0 Å². The fourth-order valence-corrected chi connectivity index (χ4v) is 2.76. The largest absolute Gasteiger partial charge is 0.207 e. The molecule has 0 aliphatic heterocycles. The van der Waals surface area contributed by atoms with E-state index in [2.05, 4.69) is 0 Å². The van der Waals surface area contributed by atoms with E-state index in [1.807, 2.05) is 12.1 Å². The van der Waals surface area contributed by atoms with Crippen molar-refractivity contribution in [1.82, 2.24) is 0 Å². The lowest BCUT2D eigenvalue weighted by Crippen LogP contribution is -2.05. The molecular weight excluding hydrogens is 211 g/mol. The molecule has 1 aliphatic rings.